The molecule has 0 spiro atoms. The Morgan fingerprint density at radius 1 is 1.16 bits per heavy atom. The van der Waals surface area contributed by atoms with Gasteiger partial charge in [-0.25, -0.2) is 14.4 Å². The zero-order chi connectivity index (χ0) is 22.5. The van der Waals surface area contributed by atoms with Crippen LogP contribution in [-0.4, -0.2) is 15.9 Å². The van der Waals surface area contributed by atoms with Crippen LogP contribution in [0, 0.1) is 5.82 Å². The Balaban J connectivity index is 1.50. The zero-order valence-electron chi connectivity index (χ0n) is 16.8. The normalized spacial score (nSPS) is 11.4. The molecule has 160 valence electrons. The van der Waals surface area contributed by atoms with Gasteiger partial charge in [0.15, 0.2) is 0 Å². The minimum atomic E-state index is -0.588. The van der Waals surface area contributed by atoms with E-state index in [9.17, 15) is 9.18 Å². The van der Waals surface area contributed by atoms with Crippen molar-refractivity contribution in [2.24, 2.45) is 5.73 Å². The van der Waals surface area contributed by atoms with Crippen molar-refractivity contribution in [1.82, 2.24) is 9.97 Å². The number of nitrogens with two attached hydrogens (primary N) is 1. The summed E-state index contributed by atoms with van der Waals surface area (Å²) in [6.07, 6.45) is 4.65. The summed E-state index contributed by atoms with van der Waals surface area (Å²) in [5.74, 6) is -0.460. The number of carbonyl (C=O) groups excluding carboxylic acids is 1. The van der Waals surface area contributed by atoms with Gasteiger partial charge in [0.05, 0.1) is 16.1 Å². The van der Waals surface area contributed by atoms with Crippen LogP contribution in [-0.2, 0) is 11.4 Å². The highest BCUT2D eigenvalue weighted by molar-refractivity contribution is 6.32. The minimum absolute atomic E-state index is 0.182. The van der Waals surface area contributed by atoms with E-state index in [1.165, 1.54) is 24.7 Å². The van der Waals surface area contributed by atoms with Crippen molar-refractivity contribution < 1.29 is 13.9 Å². The summed E-state index contributed by atoms with van der Waals surface area (Å²) in [4.78, 5) is 20.2. The Labute approximate surface area is 188 Å². The van der Waals surface area contributed by atoms with Gasteiger partial charge >= 0.3 is 0 Å². The number of hydrogen-bond donors (Lipinski definition) is 2. The summed E-state index contributed by atoms with van der Waals surface area (Å²) in [5.41, 5.74) is 8.60. The topological polar surface area (TPSA) is 90.1 Å². The maximum atomic E-state index is 13.3. The second kappa shape index (κ2) is 9.45. The molecule has 0 saturated heterocycles. The second-order valence-electron chi connectivity index (χ2n) is 6.93. The van der Waals surface area contributed by atoms with Gasteiger partial charge in [-0.3, -0.25) is 4.79 Å². The molecule has 32 heavy (non-hydrogen) atoms. The average Bonchev–Trinajstić information content (AvgIpc) is 2.78. The van der Waals surface area contributed by atoms with Crippen molar-refractivity contribution in [3.05, 3.63) is 101 Å². The number of carbonyl (C=O) groups is 1. The van der Waals surface area contributed by atoms with Crippen LogP contribution in [0.25, 0.3) is 16.5 Å². The number of primary amides is 1. The summed E-state index contributed by atoms with van der Waals surface area (Å²) in [7, 11) is 0. The molecule has 0 fully saturated rings. The Bertz CT molecular complexity index is 1330. The predicted octanol–water partition coefficient (Wildman–Crippen LogP) is 4.94. The Kier molecular flexibility index (Phi) is 6.28. The van der Waals surface area contributed by atoms with Gasteiger partial charge in [-0.2, -0.15) is 0 Å². The molecule has 0 aliphatic heterocycles. The summed E-state index contributed by atoms with van der Waals surface area (Å²) in [6.45, 7) is 0.182. The van der Waals surface area contributed by atoms with Crippen molar-refractivity contribution in [3.8, 4) is 5.75 Å². The van der Waals surface area contributed by atoms with E-state index in [0.29, 0.717) is 33.2 Å². The number of fused-ring (bicyclic) bond motifs is 1. The Morgan fingerprint density at radius 3 is 2.81 bits per heavy atom. The van der Waals surface area contributed by atoms with Crippen molar-refractivity contribution >= 4 is 39.7 Å². The van der Waals surface area contributed by atoms with Gasteiger partial charge in [-0.15, -0.1) is 0 Å². The van der Waals surface area contributed by atoms with Crippen molar-refractivity contribution in [2.75, 3.05) is 5.32 Å². The van der Waals surface area contributed by atoms with Crippen molar-refractivity contribution in [2.45, 2.75) is 6.61 Å². The first kappa shape index (κ1) is 21.3. The smallest absolute Gasteiger partial charge is 0.250 e. The van der Waals surface area contributed by atoms with Gasteiger partial charge in [0.25, 0.3) is 5.91 Å². The van der Waals surface area contributed by atoms with Gasteiger partial charge in [-0.1, -0.05) is 29.8 Å². The van der Waals surface area contributed by atoms with E-state index in [-0.39, 0.29) is 12.4 Å². The molecular formula is C24H18ClFN4O2. The number of rotatable bonds is 7. The van der Waals surface area contributed by atoms with Gasteiger partial charge < -0.3 is 15.8 Å². The quantitative estimate of drug-likeness (QED) is 0.391. The van der Waals surface area contributed by atoms with Gasteiger partial charge in [0.2, 0.25) is 0 Å². The first-order valence-corrected chi connectivity index (χ1v) is 10.0. The molecule has 8 heteroatoms. The zero-order valence-corrected chi connectivity index (χ0v) is 17.5. The number of aromatic nitrogens is 2. The molecule has 1 heterocycles. The summed E-state index contributed by atoms with van der Waals surface area (Å²) < 4.78 is 19.0. The fraction of sp³-hybridized carbons (Fsp3) is 0.0417. The maximum Gasteiger partial charge on any atom is 0.250 e. The third-order valence-electron chi connectivity index (χ3n) is 4.68. The lowest BCUT2D eigenvalue weighted by Gasteiger charge is -2.11. The largest absolute Gasteiger partial charge is 0.487 e. The maximum absolute atomic E-state index is 13.3. The molecule has 0 radical (unpaired) electrons. The molecule has 1 amide bonds. The molecule has 3 N–H and O–H groups in total. The SMILES string of the molecule is NC(=O)C(=CNc1ccc(OCc2cccc(F)c2)c(Cl)c1)c1ccc2ncncc2c1. The first-order valence-electron chi connectivity index (χ1n) is 9.63. The van der Waals surface area contributed by atoms with Crippen LogP contribution in [0.4, 0.5) is 10.1 Å². The summed E-state index contributed by atoms with van der Waals surface area (Å²) in [5, 5.41) is 4.19. The van der Waals surface area contributed by atoms with Crippen molar-refractivity contribution in [3.63, 3.8) is 0 Å². The monoisotopic (exact) mass is 448 g/mol. The van der Waals surface area contributed by atoms with E-state index in [4.69, 9.17) is 22.1 Å². The van der Waals surface area contributed by atoms with Gasteiger partial charge in [0.1, 0.15) is 24.5 Å². The molecule has 0 aliphatic carbocycles. The molecule has 1 aromatic heterocycles. The van der Waals surface area contributed by atoms with E-state index in [1.807, 2.05) is 0 Å². The van der Waals surface area contributed by atoms with E-state index < -0.39 is 5.91 Å². The highest BCUT2D eigenvalue weighted by Gasteiger charge is 2.10. The summed E-state index contributed by atoms with van der Waals surface area (Å²) in [6, 6.07) is 16.6. The third kappa shape index (κ3) is 5.01. The highest BCUT2D eigenvalue weighted by Crippen LogP contribution is 2.29. The van der Waals surface area contributed by atoms with Crippen LogP contribution in [0.1, 0.15) is 11.1 Å². The number of hydrogen-bond acceptors (Lipinski definition) is 5. The van der Waals surface area contributed by atoms with Gasteiger partial charge in [0, 0.05) is 23.5 Å². The predicted molar refractivity (Wildman–Crippen MR) is 123 cm³/mol. The number of benzene rings is 3. The number of halogens is 2. The van der Waals surface area contributed by atoms with Crippen LogP contribution in [0.2, 0.25) is 5.02 Å². The van der Waals surface area contributed by atoms with Gasteiger partial charge in [-0.05, 0) is 53.6 Å². The van der Waals surface area contributed by atoms with Crippen LogP contribution < -0.4 is 15.8 Å². The molecule has 0 aliphatic rings. The highest BCUT2D eigenvalue weighted by atomic mass is 35.5. The molecule has 0 unspecified atom stereocenters. The number of anilines is 1. The minimum Gasteiger partial charge on any atom is -0.487 e. The lowest BCUT2D eigenvalue weighted by molar-refractivity contribution is -0.112. The van der Waals surface area contributed by atoms with E-state index in [2.05, 4.69) is 15.3 Å². The Morgan fingerprint density at radius 2 is 2.03 bits per heavy atom. The number of ether oxygens (including phenoxy) is 1. The number of amides is 1. The molecule has 4 aromatic rings. The molecular weight excluding hydrogens is 431 g/mol. The van der Waals surface area contributed by atoms with Crippen LogP contribution in [0.3, 0.4) is 0 Å². The standard InChI is InChI=1S/C24H18ClFN4O2/c25-21-10-19(5-7-23(21)32-13-15-2-1-3-18(26)8-15)29-12-20(24(27)31)16-4-6-22-17(9-16)11-28-14-30-22/h1-12,14,29H,13H2,(H2,27,31). The van der Waals surface area contributed by atoms with E-state index in [1.54, 1.807) is 54.7 Å². The number of nitrogens with one attached hydrogen (secondary N) is 1. The molecule has 0 saturated carbocycles. The fourth-order valence-electron chi connectivity index (χ4n) is 3.10. The molecule has 0 bridgehead atoms. The molecule has 6 nitrogen and oxygen atoms in total. The second-order valence-corrected chi connectivity index (χ2v) is 7.33. The van der Waals surface area contributed by atoms with Crippen molar-refractivity contribution in [1.29, 1.82) is 0 Å². The third-order valence-corrected chi connectivity index (χ3v) is 4.97. The average molecular weight is 449 g/mol. The lowest BCUT2D eigenvalue weighted by Crippen LogP contribution is -2.14. The van der Waals surface area contributed by atoms with Crippen LogP contribution >= 0.6 is 11.6 Å². The van der Waals surface area contributed by atoms with Crippen LogP contribution in [0.15, 0.2) is 79.4 Å². The van der Waals surface area contributed by atoms with E-state index >= 15 is 0 Å². The van der Waals surface area contributed by atoms with E-state index in [0.717, 1.165) is 10.9 Å². The number of nitrogens with zero attached hydrogens (tertiary/aromatic N) is 2. The Hall–Kier alpha value is -3.97. The molecule has 3 aromatic carbocycles. The first-order chi connectivity index (χ1) is 15.5. The summed E-state index contributed by atoms with van der Waals surface area (Å²) >= 11 is 6.32. The lowest BCUT2D eigenvalue weighted by atomic mass is 10.0. The fourth-order valence-corrected chi connectivity index (χ4v) is 3.34. The van der Waals surface area contributed by atoms with Crippen LogP contribution in [0.5, 0.6) is 5.75 Å². The molecule has 4 rings (SSSR count). The molecule has 0 atom stereocenters.